The maximum atomic E-state index is 12.0. The molecule has 0 fully saturated rings. The third-order valence-electron chi connectivity index (χ3n) is 3.14. The van der Waals surface area contributed by atoms with Crippen molar-refractivity contribution in [1.82, 2.24) is 9.55 Å². The molecule has 0 saturated carbocycles. The molecule has 108 valence electrons. The lowest BCUT2D eigenvalue weighted by Crippen LogP contribution is -2.16. The summed E-state index contributed by atoms with van der Waals surface area (Å²) in [7, 11) is 0. The Hall–Kier alpha value is -2.76. The molecule has 0 aliphatic heterocycles. The zero-order chi connectivity index (χ0) is 14.8. The quantitative estimate of drug-likeness (QED) is 0.741. The zero-order valence-electron chi connectivity index (χ0n) is 11.6. The van der Waals surface area contributed by atoms with Crippen LogP contribution in [0.1, 0.15) is 12.5 Å². The number of ether oxygens (including phenoxy) is 1. The predicted molar refractivity (Wildman–Crippen MR) is 79.4 cm³/mol. The molecule has 0 spiro atoms. The van der Waals surface area contributed by atoms with Crippen LogP contribution in [-0.4, -0.2) is 16.2 Å². The van der Waals surface area contributed by atoms with Crippen LogP contribution in [0.15, 0.2) is 45.7 Å². The molecular weight excluding hydrogens is 270 g/mol. The Morgan fingerprint density at radius 1 is 1.38 bits per heavy atom. The molecule has 0 aliphatic rings. The minimum atomic E-state index is -0.450. The molecule has 2 heterocycles. The Morgan fingerprint density at radius 2 is 2.24 bits per heavy atom. The van der Waals surface area contributed by atoms with Crippen LogP contribution in [0.3, 0.4) is 0 Å². The average molecular weight is 285 g/mol. The van der Waals surface area contributed by atoms with E-state index in [1.165, 1.54) is 4.57 Å². The molecule has 3 rings (SSSR count). The van der Waals surface area contributed by atoms with Gasteiger partial charge in [0.1, 0.15) is 5.75 Å². The molecule has 0 bridgehead atoms. The molecule has 6 nitrogen and oxygen atoms in total. The van der Waals surface area contributed by atoms with E-state index < -0.39 is 5.76 Å². The highest BCUT2D eigenvalue weighted by Crippen LogP contribution is 2.23. The van der Waals surface area contributed by atoms with E-state index in [9.17, 15) is 4.79 Å². The van der Waals surface area contributed by atoms with E-state index in [-0.39, 0.29) is 0 Å². The molecule has 0 saturated heterocycles. The van der Waals surface area contributed by atoms with Gasteiger partial charge < -0.3 is 14.9 Å². The first-order chi connectivity index (χ1) is 10.2. The van der Waals surface area contributed by atoms with Crippen LogP contribution < -0.4 is 16.2 Å². The number of rotatable bonds is 4. The number of aromatic nitrogens is 2. The van der Waals surface area contributed by atoms with Crippen LogP contribution in [0.2, 0.25) is 0 Å². The van der Waals surface area contributed by atoms with E-state index in [1.54, 1.807) is 36.5 Å². The minimum Gasteiger partial charge on any atom is -0.494 e. The summed E-state index contributed by atoms with van der Waals surface area (Å²) < 4.78 is 12.2. The molecule has 0 amide bonds. The number of nitrogen functional groups attached to an aromatic ring is 1. The molecule has 1 aromatic carbocycles. The Labute approximate surface area is 120 Å². The van der Waals surface area contributed by atoms with Crippen LogP contribution in [0.5, 0.6) is 5.75 Å². The van der Waals surface area contributed by atoms with Gasteiger partial charge in [0, 0.05) is 17.4 Å². The van der Waals surface area contributed by atoms with E-state index >= 15 is 0 Å². The molecule has 0 unspecified atom stereocenters. The Bertz CT molecular complexity index is 836. The standard InChI is InChI=1S/C15H15N3O3/c1-2-20-12-6-5-11(16)8-10(12)9-18-14-13(21-15(18)19)4-3-7-17-14/h3-8H,2,9,16H2,1H3. The van der Waals surface area contributed by atoms with Gasteiger partial charge in [-0.2, -0.15) is 0 Å². The molecule has 0 aliphatic carbocycles. The lowest BCUT2D eigenvalue weighted by atomic mass is 10.1. The second kappa shape index (κ2) is 5.32. The van der Waals surface area contributed by atoms with Gasteiger partial charge in [-0.15, -0.1) is 0 Å². The van der Waals surface area contributed by atoms with Gasteiger partial charge in [-0.05, 0) is 37.3 Å². The first kappa shape index (κ1) is 13.2. The molecule has 3 aromatic rings. The molecule has 21 heavy (non-hydrogen) atoms. The Kier molecular flexibility index (Phi) is 3.35. The van der Waals surface area contributed by atoms with Gasteiger partial charge in [0.05, 0.1) is 13.2 Å². The van der Waals surface area contributed by atoms with E-state index in [0.717, 1.165) is 5.56 Å². The molecule has 6 heteroatoms. The van der Waals surface area contributed by atoms with Crippen LogP contribution in [0.4, 0.5) is 5.69 Å². The van der Waals surface area contributed by atoms with Crippen molar-refractivity contribution in [2.24, 2.45) is 0 Å². The van der Waals surface area contributed by atoms with Crippen LogP contribution in [0, 0.1) is 0 Å². The van der Waals surface area contributed by atoms with Crippen LogP contribution >= 0.6 is 0 Å². The number of hydrogen-bond donors (Lipinski definition) is 1. The Morgan fingerprint density at radius 3 is 3.05 bits per heavy atom. The van der Waals surface area contributed by atoms with Crippen molar-refractivity contribution in [3.8, 4) is 5.75 Å². The van der Waals surface area contributed by atoms with Crippen molar-refractivity contribution in [3.63, 3.8) is 0 Å². The summed E-state index contributed by atoms with van der Waals surface area (Å²) in [5, 5.41) is 0. The van der Waals surface area contributed by atoms with Crippen LogP contribution in [0.25, 0.3) is 11.2 Å². The lowest BCUT2D eigenvalue weighted by Gasteiger charge is -2.11. The van der Waals surface area contributed by atoms with Crippen molar-refractivity contribution in [2.45, 2.75) is 13.5 Å². The van der Waals surface area contributed by atoms with E-state index in [1.807, 2.05) is 6.92 Å². The topological polar surface area (TPSA) is 83.3 Å². The molecule has 2 N–H and O–H groups in total. The number of fused-ring (bicyclic) bond motifs is 1. The maximum Gasteiger partial charge on any atom is 0.421 e. The zero-order valence-corrected chi connectivity index (χ0v) is 11.6. The molecular formula is C15H15N3O3. The molecule has 2 aromatic heterocycles. The average Bonchev–Trinajstić information content (AvgIpc) is 2.78. The van der Waals surface area contributed by atoms with Crippen molar-refractivity contribution in [2.75, 3.05) is 12.3 Å². The lowest BCUT2D eigenvalue weighted by molar-refractivity contribution is 0.335. The second-order valence-electron chi connectivity index (χ2n) is 4.58. The normalized spacial score (nSPS) is 10.9. The molecule has 0 radical (unpaired) electrons. The first-order valence-corrected chi connectivity index (χ1v) is 6.64. The highest BCUT2D eigenvalue weighted by molar-refractivity contribution is 5.67. The third-order valence-corrected chi connectivity index (χ3v) is 3.14. The summed E-state index contributed by atoms with van der Waals surface area (Å²) >= 11 is 0. The number of benzene rings is 1. The summed E-state index contributed by atoms with van der Waals surface area (Å²) in [6.45, 7) is 2.74. The summed E-state index contributed by atoms with van der Waals surface area (Å²) in [5.41, 5.74) is 8.22. The highest BCUT2D eigenvalue weighted by Gasteiger charge is 2.13. The smallest absolute Gasteiger partial charge is 0.421 e. The maximum absolute atomic E-state index is 12.0. The fourth-order valence-corrected chi connectivity index (χ4v) is 2.23. The number of nitrogens with zero attached hydrogens (tertiary/aromatic N) is 2. The van der Waals surface area contributed by atoms with Crippen LogP contribution in [-0.2, 0) is 6.54 Å². The third kappa shape index (κ3) is 2.47. The van der Waals surface area contributed by atoms with Gasteiger partial charge in [-0.3, -0.25) is 4.57 Å². The van der Waals surface area contributed by atoms with Gasteiger partial charge >= 0.3 is 5.76 Å². The van der Waals surface area contributed by atoms with Crippen molar-refractivity contribution < 1.29 is 9.15 Å². The number of hydrogen-bond acceptors (Lipinski definition) is 5. The number of pyridine rings is 1. The highest BCUT2D eigenvalue weighted by atomic mass is 16.5. The SMILES string of the molecule is CCOc1ccc(N)cc1Cn1c(=O)oc2cccnc21. The number of nitrogens with two attached hydrogens (primary N) is 1. The van der Waals surface area contributed by atoms with Gasteiger partial charge in [-0.25, -0.2) is 9.78 Å². The summed E-state index contributed by atoms with van der Waals surface area (Å²) in [6, 6.07) is 8.79. The van der Waals surface area contributed by atoms with E-state index in [2.05, 4.69) is 4.98 Å². The van der Waals surface area contributed by atoms with Gasteiger partial charge in [-0.1, -0.05) is 0 Å². The summed E-state index contributed by atoms with van der Waals surface area (Å²) in [5.74, 6) is 0.248. The van der Waals surface area contributed by atoms with E-state index in [4.69, 9.17) is 14.9 Å². The summed E-state index contributed by atoms with van der Waals surface area (Å²) in [6.07, 6.45) is 1.62. The molecule has 0 atom stereocenters. The number of anilines is 1. The van der Waals surface area contributed by atoms with Crippen molar-refractivity contribution >= 4 is 16.9 Å². The van der Waals surface area contributed by atoms with Crippen molar-refractivity contribution in [1.29, 1.82) is 0 Å². The summed E-state index contributed by atoms with van der Waals surface area (Å²) in [4.78, 5) is 16.2. The fraction of sp³-hybridized carbons (Fsp3) is 0.200. The van der Waals surface area contributed by atoms with Gasteiger partial charge in [0.2, 0.25) is 0 Å². The largest absolute Gasteiger partial charge is 0.494 e. The van der Waals surface area contributed by atoms with E-state index in [0.29, 0.717) is 35.8 Å². The Balaban J connectivity index is 2.08. The first-order valence-electron chi connectivity index (χ1n) is 6.64. The monoisotopic (exact) mass is 285 g/mol. The van der Waals surface area contributed by atoms with Gasteiger partial charge in [0.25, 0.3) is 0 Å². The second-order valence-corrected chi connectivity index (χ2v) is 4.58. The number of oxazole rings is 1. The fourth-order valence-electron chi connectivity index (χ4n) is 2.23. The predicted octanol–water partition coefficient (Wildman–Crippen LogP) is 2.02. The van der Waals surface area contributed by atoms with Gasteiger partial charge in [0.15, 0.2) is 11.2 Å². The minimum absolute atomic E-state index is 0.295. The van der Waals surface area contributed by atoms with Crippen molar-refractivity contribution in [3.05, 3.63) is 52.6 Å².